The maximum absolute atomic E-state index is 15.3. The van der Waals surface area contributed by atoms with E-state index in [2.05, 4.69) is 20.5 Å². The average Bonchev–Trinajstić information content (AvgIpc) is 3.23. The molecule has 0 radical (unpaired) electrons. The molecule has 0 aliphatic rings. The van der Waals surface area contributed by atoms with Gasteiger partial charge in [-0.25, -0.2) is 26.0 Å². The number of fused-ring (bicyclic) bond motifs is 1. The van der Waals surface area contributed by atoms with Crippen LogP contribution in [0.1, 0.15) is 16.2 Å². The van der Waals surface area contributed by atoms with Crippen molar-refractivity contribution in [1.82, 2.24) is 20.5 Å². The second kappa shape index (κ2) is 8.41. The van der Waals surface area contributed by atoms with Crippen molar-refractivity contribution in [2.24, 2.45) is 0 Å². The number of hydrogen-bond acceptors (Lipinski definition) is 5. The fourth-order valence-corrected chi connectivity index (χ4v) is 4.64. The van der Waals surface area contributed by atoms with Crippen molar-refractivity contribution in [2.75, 3.05) is 11.8 Å². The first kappa shape index (κ1) is 23.2. The SMILES string of the molecule is CNC(=O)c1n[nH]c2c(F)c(-c3c(F)ccc(NS(=O)(=O)c4cc(F)cnc4C)c3F)ccc12. The quantitative estimate of drug-likeness (QED) is 0.367. The number of rotatable bonds is 5. The first-order chi connectivity index (χ1) is 16.0. The Hall–Kier alpha value is -4.00. The van der Waals surface area contributed by atoms with Crippen molar-refractivity contribution < 1.29 is 30.8 Å². The number of aryl methyl sites for hydroxylation is 1. The molecule has 4 aromatic rings. The highest BCUT2D eigenvalue weighted by molar-refractivity contribution is 7.92. The second-order valence-electron chi connectivity index (χ2n) is 7.13. The van der Waals surface area contributed by atoms with Crippen LogP contribution in [0.2, 0.25) is 0 Å². The minimum Gasteiger partial charge on any atom is -0.354 e. The number of hydrogen-bond donors (Lipinski definition) is 3. The summed E-state index contributed by atoms with van der Waals surface area (Å²) in [5, 5.41) is 8.46. The Kier molecular flexibility index (Phi) is 5.73. The molecule has 3 N–H and O–H groups in total. The summed E-state index contributed by atoms with van der Waals surface area (Å²) in [4.78, 5) is 14.9. The highest BCUT2D eigenvalue weighted by Crippen LogP contribution is 2.36. The maximum Gasteiger partial charge on any atom is 0.272 e. The lowest BCUT2D eigenvalue weighted by molar-refractivity contribution is 0.0959. The largest absolute Gasteiger partial charge is 0.354 e. The number of pyridine rings is 1. The summed E-state index contributed by atoms with van der Waals surface area (Å²) < 4.78 is 86.0. The smallest absolute Gasteiger partial charge is 0.272 e. The van der Waals surface area contributed by atoms with Gasteiger partial charge in [0.1, 0.15) is 22.0 Å². The van der Waals surface area contributed by atoms with E-state index in [1.807, 2.05) is 4.72 Å². The van der Waals surface area contributed by atoms with Crippen molar-refractivity contribution in [2.45, 2.75) is 11.8 Å². The zero-order chi connectivity index (χ0) is 24.8. The number of halogens is 4. The first-order valence-electron chi connectivity index (χ1n) is 9.57. The third-order valence-electron chi connectivity index (χ3n) is 5.02. The monoisotopic (exact) mass is 493 g/mol. The molecule has 2 aromatic carbocycles. The van der Waals surface area contributed by atoms with Gasteiger partial charge in [0.15, 0.2) is 17.3 Å². The number of nitrogens with one attached hydrogen (secondary N) is 3. The van der Waals surface area contributed by atoms with Crippen LogP contribution in [0, 0.1) is 30.2 Å². The molecule has 2 aromatic heterocycles. The van der Waals surface area contributed by atoms with E-state index >= 15 is 8.78 Å². The maximum atomic E-state index is 15.3. The van der Waals surface area contributed by atoms with E-state index in [1.165, 1.54) is 20.0 Å². The Labute approximate surface area is 190 Å². The number of anilines is 1. The molecule has 13 heteroatoms. The zero-order valence-electron chi connectivity index (χ0n) is 17.5. The van der Waals surface area contributed by atoms with Crippen LogP contribution in [-0.2, 0) is 10.0 Å². The molecule has 0 fully saturated rings. The highest BCUT2D eigenvalue weighted by Gasteiger charge is 2.26. The summed E-state index contributed by atoms with van der Waals surface area (Å²) >= 11 is 0. The van der Waals surface area contributed by atoms with Crippen molar-refractivity contribution in [3.05, 3.63) is 71.2 Å². The van der Waals surface area contributed by atoms with Crippen LogP contribution >= 0.6 is 0 Å². The molecule has 0 aliphatic carbocycles. The number of sulfonamides is 1. The lowest BCUT2D eigenvalue weighted by Gasteiger charge is -2.14. The fourth-order valence-electron chi connectivity index (χ4n) is 3.38. The lowest BCUT2D eigenvalue weighted by Crippen LogP contribution is -2.18. The van der Waals surface area contributed by atoms with Gasteiger partial charge in [-0.05, 0) is 31.2 Å². The zero-order valence-corrected chi connectivity index (χ0v) is 18.3. The number of nitrogens with zero attached hydrogens (tertiary/aromatic N) is 2. The van der Waals surface area contributed by atoms with E-state index in [9.17, 15) is 22.0 Å². The Morgan fingerprint density at radius 1 is 1.06 bits per heavy atom. The van der Waals surface area contributed by atoms with Gasteiger partial charge in [0.25, 0.3) is 15.9 Å². The summed E-state index contributed by atoms with van der Waals surface area (Å²) in [6.45, 7) is 1.31. The standard InChI is InChI=1S/C21H15F4N5O3S/c1-9-15(7-10(22)8-27-9)34(32,33)30-14-6-5-13(23)16(18(14)25)11-3-4-12-19(17(11)24)28-29-20(12)21(31)26-2/h3-8,30H,1-2H3,(H,26,31)(H,28,29). The van der Waals surface area contributed by atoms with Crippen LogP contribution in [0.25, 0.3) is 22.0 Å². The predicted molar refractivity (Wildman–Crippen MR) is 115 cm³/mol. The molecular formula is C21H15F4N5O3S. The fraction of sp³-hybridized carbons (Fsp3) is 0.0952. The van der Waals surface area contributed by atoms with Gasteiger partial charge < -0.3 is 5.32 Å². The predicted octanol–water partition coefficient (Wildman–Crippen LogP) is 3.65. The second-order valence-corrected chi connectivity index (χ2v) is 8.78. The van der Waals surface area contributed by atoms with Gasteiger partial charge in [-0.2, -0.15) is 5.10 Å². The van der Waals surface area contributed by atoms with E-state index < -0.39 is 60.9 Å². The molecule has 8 nitrogen and oxygen atoms in total. The molecule has 2 heterocycles. The summed E-state index contributed by atoms with van der Waals surface area (Å²) in [5.74, 6) is -5.22. The third-order valence-corrected chi connectivity index (χ3v) is 6.50. The van der Waals surface area contributed by atoms with Crippen molar-refractivity contribution in [3.63, 3.8) is 0 Å². The number of benzene rings is 2. The molecule has 0 atom stereocenters. The van der Waals surface area contributed by atoms with Gasteiger partial charge in [-0.15, -0.1) is 0 Å². The highest BCUT2D eigenvalue weighted by atomic mass is 32.2. The Morgan fingerprint density at radius 3 is 2.50 bits per heavy atom. The number of aromatic amines is 1. The molecule has 0 saturated carbocycles. The third kappa shape index (κ3) is 3.83. The van der Waals surface area contributed by atoms with Crippen LogP contribution in [0.5, 0.6) is 0 Å². The van der Waals surface area contributed by atoms with Crippen LogP contribution in [0.3, 0.4) is 0 Å². The minimum absolute atomic E-state index is 0.0562. The number of aromatic nitrogens is 3. The average molecular weight is 493 g/mol. The van der Waals surface area contributed by atoms with Gasteiger partial charge >= 0.3 is 0 Å². The number of carbonyl (C=O) groups excluding carboxylic acids is 1. The van der Waals surface area contributed by atoms with Gasteiger partial charge in [0, 0.05) is 18.0 Å². The van der Waals surface area contributed by atoms with Gasteiger partial charge in [0.2, 0.25) is 0 Å². The number of carbonyl (C=O) groups is 1. The molecule has 0 bridgehead atoms. The normalized spacial score (nSPS) is 11.6. The number of amides is 1. The van der Waals surface area contributed by atoms with Crippen molar-refractivity contribution in [1.29, 1.82) is 0 Å². The first-order valence-corrected chi connectivity index (χ1v) is 11.1. The Morgan fingerprint density at radius 2 is 1.79 bits per heavy atom. The van der Waals surface area contributed by atoms with Gasteiger partial charge in [-0.1, -0.05) is 6.07 Å². The minimum atomic E-state index is -4.52. The molecule has 0 aliphatic heterocycles. The molecule has 34 heavy (non-hydrogen) atoms. The summed E-state index contributed by atoms with van der Waals surface area (Å²) in [5.41, 5.74) is -2.55. The summed E-state index contributed by atoms with van der Waals surface area (Å²) in [6.07, 6.45) is 0.814. The van der Waals surface area contributed by atoms with E-state index in [-0.39, 0.29) is 22.3 Å². The topological polar surface area (TPSA) is 117 Å². The lowest BCUT2D eigenvalue weighted by atomic mass is 10.0. The summed E-state index contributed by atoms with van der Waals surface area (Å²) in [6, 6.07) is 4.55. The molecular weight excluding hydrogens is 478 g/mol. The van der Waals surface area contributed by atoms with E-state index in [1.54, 1.807) is 0 Å². The van der Waals surface area contributed by atoms with E-state index in [0.29, 0.717) is 6.07 Å². The van der Waals surface area contributed by atoms with Crippen LogP contribution in [-0.4, -0.2) is 36.6 Å². The van der Waals surface area contributed by atoms with Crippen molar-refractivity contribution >= 4 is 32.5 Å². The molecule has 0 saturated heterocycles. The molecule has 1 amide bonds. The molecule has 0 spiro atoms. The molecule has 176 valence electrons. The van der Waals surface area contributed by atoms with Crippen LogP contribution in [0.15, 0.2) is 41.4 Å². The van der Waals surface area contributed by atoms with E-state index in [0.717, 1.165) is 24.4 Å². The van der Waals surface area contributed by atoms with Crippen LogP contribution in [0.4, 0.5) is 23.2 Å². The van der Waals surface area contributed by atoms with Crippen LogP contribution < -0.4 is 10.0 Å². The summed E-state index contributed by atoms with van der Waals surface area (Å²) in [7, 11) is -3.17. The molecule has 0 unspecified atom stereocenters. The number of H-pyrrole nitrogens is 1. The Bertz CT molecular complexity index is 1570. The van der Waals surface area contributed by atoms with E-state index in [4.69, 9.17) is 0 Å². The van der Waals surface area contributed by atoms with Gasteiger partial charge in [0.05, 0.1) is 23.1 Å². The molecule has 4 rings (SSSR count). The Balaban J connectivity index is 1.83. The van der Waals surface area contributed by atoms with Gasteiger partial charge in [-0.3, -0.25) is 19.6 Å². The van der Waals surface area contributed by atoms with Crippen molar-refractivity contribution in [3.8, 4) is 11.1 Å².